The van der Waals surface area contributed by atoms with E-state index in [0.717, 1.165) is 10.8 Å². The van der Waals surface area contributed by atoms with Gasteiger partial charge in [-0.05, 0) is 24.2 Å². The lowest BCUT2D eigenvalue weighted by Crippen LogP contribution is -1.94. The molecule has 9 heavy (non-hydrogen) atoms. The molecule has 0 bridgehead atoms. The number of alkyl halides is 1. The van der Waals surface area contributed by atoms with Gasteiger partial charge in [0.05, 0.1) is 13.7 Å². The summed E-state index contributed by atoms with van der Waals surface area (Å²) >= 11 is 2.24. The number of allylic oxidation sites excluding steroid dienone is 2. The zero-order chi connectivity index (χ0) is 6.85. The number of hydrogen-bond acceptors (Lipinski definition) is 0. The van der Waals surface area contributed by atoms with Crippen molar-refractivity contribution in [2.45, 2.75) is 12.2 Å². The van der Waals surface area contributed by atoms with Gasteiger partial charge in [-0.15, -0.1) is 0 Å². The Morgan fingerprint density at radius 3 is 2.78 bits per heavy atom. The predicted octanol–water partition coefficient (Wildman–Crippen LogP) is 2.25. The Kier molecular flexibility index (Phi) is 2.55. The van der Waals surface area contributed by atoms with Crippen LogP contribution >= 0.6 is 22.6 Å². The van der Waals surface area contributed by atoms with Crippen LogP contribution in [-0.2, 0) is 0 Å². The molecule has 1 aliphatic rings. The molecule has 3 heteroatoms. The number of rotatable bonds is 1. The van der Waals surface area contributed by atoms with Crippen LogP contribution < -0.4 is 0 Å². The molecule has 0 heterocycles. The van der Waals surface area contributed by atoms with Gasteiger partial charge in [-0.1, -0.05) is 22.6 Å². The van der Waals surface area contributed by atoms with E-state index in [4.69, 9.17) is 7.85 Å². The summed E-state index contributed by atoms with van der Waals surface area (Å²) in [6.07, 6.45) is 2.42. The van der Waals surface area contributed by atoms with E-state index < -0.39 is 0 Å². The quantitative estimate of drug-likeness (QED) is 0.372. The average molecular weight is 236 g/mol. The highest BCUT2D eigenvalue weighted by Crippen LogP contribution is 2.34. The lowest BCUT2D eigenvalue weighted by Gasteiger charge is -2.02. The summed E-state index contributed by atoms with van der Waals surface area (Å²) in [4.78, 5) is 0. The predicted molar refractivity (Wildman–Crippen MR) is 45.7 cm³/mol. The van der Waals surface area contributed by atoms with E-state index in [1.54, 1.807) is 6.08 Å². The van der Waals surface area contributed by atoms with E-state index in [2.05, 4.69) is 22.6 Å². The lowest BCUT2D eigenvalue weighted by atomic mass is 9.85. The average Bonchev–Trinajstić information content (AvgIpc) is 2.13. The van der Waals surface area contributed by atoms with Gasteiger partial charge in [-0.25, -0.2) is 4.39 Å². The summed E-state index contributed by atoms with van der Waals surface area (Å²) in [5.41, 5.74) is 0. The highest BCUT2D eigenvalue weighted by atomic mass is 127. The third-order valence-electron chi connectivity index (χ3n) is 1.50. The van der Waals surface area contributed by atoms with Crippen LogP contribution in [0.1, 0.15) is 6.42 Å². The second kappa shape index (κ2) is 3.04. The van der Waals surface area contributed by atoms with Crippen molar-refractivity contribution in [3.05, 3.63) is 11.9 Å². The molecular formula is C6H7BFI. The zero-order valence-electron chi connectivity index (χ0n) is 4.98. The summed E-state index contributed by atoms with van der Waals surface area (Å²) in [6, 6.07) is 0. The van der Waals surface area contributed by atoms with E-state index in [1.165, 1.54) is 0 Å². The SMILES string of the molecule is [B]C1CC(CI)C=C1F. The second-order valence-corrected chi connectivity index (χ2v) is 3.19. The third-order valence-corrected chi connectivity index (χ3v) is 2.64. The van der Waals surface area contributed by atoms with Gasteiger partial charge in [-0.3, -0.25) is 0 Å². The first-order valence-electron chi connectivity index (χ1n) is 2.93. The van der Waals surface area contributed by atoms with E-state index in [1.807, 2.05) is 0 Å². The molecule has 0 spiro atoms. The van der Waals surface area contributed by atoms with E-state index in [-0.39, 0.29) is 11.6 Å². The minimum Gasteiger partial charge on any atom is -0.213 e. The van der Waals surface area contributed by atoms with Gasteiger partial charge >= 0.3 is 0 Å². The fourth-order valence-corrected chi connectivity index (χ4v) is 1.58. The zero-order valence-corrected chi connectivity index (χ0v) is 7.14. The van der Waals surface area contributed by atoms with E-state index >= 15 is 0 Å². The molecule has 0 fully saturated rings. The van der Waals surface area contributed by atoms with Gasteiger partial charge in [0.1, 0.15) is 0 Å². The summed E-state index contributed by atoms with van der Waals surface area (Å²) in [6.45, 7) is 0. The Hall–Kier alpha value is 0.465. The Morgan fingerprint density at radius 2 is 2.56 bits per heavy atom. The van der Waals surface area contributed by atoms with Crippen LogP contribution in [-0.4, -0.2) is 12.3 Å². The Bertz CT molecular complexity index is 135. The first-order valence-corrected chi connectivity index (χ1v) is 4.45. The van der Waals surface area contributed by atoms with Crippen molar-refractivity contribution in [1.82, 2.24) is 0 Å². The van der Waals surface area contributed by atoms with Crippen molar-refractivity contribution in [1.29, 1.82) is 0 Å². The van der Waals surface area contributed by atoms with E-state index in [0.29, 0.717) is 5.92 Å². The highest BCUT2D eigenvalue weighted by molar-refractivity contribution is 14.1. The maximum atomic E-state index is 12.5. The molecule has 48 valence electrons. The molecule has 0 aromatic rings. The molecule has 1 aliphatic carbocycles. The second-order valence-electron chi connectivity index (χ2n) is 2.31. The molecule has 0 saturated heterocycles. The number of hydrogen-bond donors (Lipinski definition) is 0. The van der Waals surface area contributed by atoms with Gasteiger partial charge in [-0.2, -0.15) is 0 Å². The fourth-order valence-electron chi connectivity index (χ4n) is 0.963. The van der Waals surface area contributed by atoms with Crippen molar-refractivity contribution >= 4 is 30.4 Å². The molecule has 1 rings (SSSR count). The van der Waals surface area contributed by atoms with Crippen molar-refractivity contribution in [2.75, 3.05) is 4.43 Å². The van der Waals surface area contributed by atoms with Gasteiger partial charge in [0.2, 0.25) is 0 Å². The van der Waals surface area contributed by atoms with Crippen LogP contribution in [0.2, 0.25) is 5.82 Å². The Balaban J connectivity index is 2.52. The normalized spacial score (nSPS) is 34.7. The maximum absolute atomic E-state index is 12.5. The van der Waals surface area contributed by atoms with Gasteiger partial charge < -0.3 is 0 Å². The van der Waals surface area contributed by atoms with Crippen LogP contribution in [0.25, 0.3) is 0 Å². The first-order chi connectivity index (χ1) is 4.24. The molecule has 2 atom stereocenters. The highest BCUT2D eigenvalue weighted by Gasteiger charge is 2.21. The van der Waals surface area contributed by atoms with Crippen LogP contribution in [0.3, 0.4) is 0 Å². The molecule has 2 radical (unpaired) electrons. The summed E-state index contributed by atoms with van der Waals surface area (Å²) < 4.78 is 13.5. The summed E-state index contributed by atoms with van der Waals surface area (Å²) in [5, 5.41) is 0. The standard InChI is InChI=1S/C6H7BFI/c7-5-1-4(3-9)2-6(5)8/h2,4-5H,1,3H2. The monoisotopic (exact) mass is 236 g/mol. The van der Waals surface area contributed by atoms with Gasteiger partial charge in [0.15, 0.2) is 0 Å². The van der Waals surface area contributed by atoms with E-state index in [9.17, 15) is 4.39 Å². The smallest absolute Gasteiger partial charge is 0.0907 e. The van der Waals surface area contributed by atoms with Crippen LogP contribution in [0, 0.1) is 5.92 Å². The summed E-state index contributed by atoms with van der Waals surface area (Å²) in [7, 11) is 5.40. The van der Waals surface area contributed by atoms with Crippen molar-refractivity contribution < 1.29 is 4.39 Å². The maximum Gasteiger partial charge on any atom is 0.0907 e. The van der Waals surface area contributed by atoms with Crippen LogP contribution in [0.5, 0.6) is 0 Å². The molecular weight excluding hydrogens is 229 g/mol. The lowest BCUT2D eigenvalue weighted by molar-refractivity contribution is 0.597. The van der Waals surface area contributed by atoms with Gasteiger partial charge in [0, 0.05) is 4.43 Å². The van der Waals surface area contributed by atoms with Crippen LogP contribution in [0.15, 0.2) is 11.9 Å². The first kappa shape index (κ1) is 7.57. The van der Waals surface area contributed by atoms with Crippen molar-refractivity contribution in [2.24, 2.45) is 5.92 Å². The molecule has 0 aromatic carbocycles. The molecule has 0 saturated carbocycles. The Labute approximate surface area is 69.4 Å². The molecule has 0 aromatic heterocycles. The molecule has 0 amide bonds. The topological polar surface area (TPSA) is 0 Å². The Morgan fingerprint density at radius 1 is 1.89 bits per heavy atom. The minimum atomic E-state index is -0.315. The molecule has 0 aliphatic heterocycles. The number of halogens is 2. The summed E-state index contributed by atoms with van der Waals surface area (Å²) in [5.74, 6) is -0.0676. The molecule has 0 N–H and O–H groups in total. The molecule has 0 nitrogen and oxygen atoms in total. The van der Waals surface area contributed by atoms with Gasteiger partial charge in [0.25, 0.3) is 0 Å². The van der Waals surface area contributed by atoms with Crippen molar-refractivity contribution in [3.63, 3.8) is 0 Å². The van der Waals surface area contributed by atoms with Crippen LogP contribution in [0.4, 0.5) is 4.39 Å². The molecule has 2 unspecified atom stereocenters. The largest absolute Gasteiger partial charge is 0.213 e. The third kappa shape index (κ3) is 1.69. The fraction of sp³-hybridized carbons (Fsp3) is 0.667. The minimum absolute atomic E-state index is 0.128. The van der Waals surface area contributed by atoms with Crippen molar-refractivity contribution in [3.8, 4) is 0 Å².